The molecule has 1 aliphatic heterocycles. The maximum absolute atomic E-state index is 13.6. The summed E-state index contributed by atoms with van der Waals surface area (Å²) >= 11 is 0. The van der Waals surface area contributed by atoms with Crippen molar-refractivity contribution in [2.24, 2.45) is 4.99 Å². The van der Waals surface area contributed by atoms with Crippen molar-refractivity contribution in [3.8, 4) is 11.5 Å². The van der Waals surface area contributed by atoms with Crippen molar-refractivity contribution in [2.75, 3.05) is 0 Å². The van der Waals surface area contributed by atoms with Crippen molar-refractivity contribution in [3.05, 3.63) is 93.6 Å². The van der Waals surface area contributed by atoms with Crippen molar-refractivity contribution < 1.29 is 15.0 Å². The van der Waals surface area contributed by atoms with Gasteiger partial charge in [0.25, 0.3) is 5.91 Å². The third-order valence-electron chi connectivity index (χ3n) is 8.68. The maximum atomic E-state index is 13.6. The molecule has 0 unspecified atom stereocenters. The van der Waals surface area contributed by atoms with Crippen molar-refractivity contribution >= 4 is 50.7 Å². The topological polar surface area (TPSA) is 130 Å². The highest BCUT2D eigenvalue weighted by molar-refractivity contribution is 5.96. The summed E-state index contributed by atoms with van der Waals surface area (Å²) in [6, 6.07) is 16.9. The Bertz CT molecular complexity index is 2200. The molecule has 1 aliphatic rings. The zero-order chi connectivity index (χ0) is 33.1. The minimum absolute atomic E-state index is 0.172. The molecule has 242 valence electrons. The van der Waals surface area contributed by atoms with Crippen LogP contribution in [0.1, 0.15) is 98.2 Å². The predicted molar refractivity (Wildman–Crippen MR) is 191 cm³/mol. The van der Waals surface area contributed by atoms with Crippen LogP contribution in [0.25, 0.3) is 44.7 Å². The van der Waals surface area contributed by atoms with Crippen molar-refractivity contribution in [2.45, 2.75) is 79.1 Å². The third-order valence-corrected chi connectivity index (χ3v) is 8.68. The molecule has 1 aromatic carbocycles. The van der Waals surface area contributed by atoms with Crippen LogP contribution < -0.4 is 5.36 Å². The molecule has 5 heterocycles. The number of H-pyrrole nitrogens is 3. The monoisotopic (exact) mass is 629 g/mol. The molecule has 6 rings (SSSR count). The number of hydrogen-bond acceptors (Lipinski definition) is 4. The molecular weight excluding hydrogens is 586 g/mol. The number of aromatic hydroxyl groups is 2. The van der Waals surface area contributed by atoms with E-state index in [1.54, 1.807) is 0 Å². The van der Waals surface area contributed by atoms with Crippen molar-refractivity contribution in [1.29, 1.82) is 0 Å². The number of amides is 1. The number of aromatic amines is 3. The summed E-state index contributed by atoms with van der Waals surface area (Å²) in [5, 5.41) is 20.4. The lowest BCUT2D eigenvalue weighted by molar-refractivity contribution is 0.0998. The Hall–Kier alpha value is -5.11. The Morgan fingerprint density at radius 2 is 1.19 bits per heavy atom. The number of benzene rings is 1. The van der Waals surface area contributed by atoms with Crippen LogP contribution in [0.4, 0.5) is 0 Å². The quantitative estimate of drug-likeness (QED) is 0.104. The number of carbonyl (C=O) groups is 1. The molecule has 0 atom stereocenters. The zero-order valence-electron chi connectivity index (χ0n) is 27.6. The number of allylic oxidation sites excluding steroid dienone is 1. The van der Waals surface area contributed by atoms with Gasteiger partial charge in [0.2, 0.25) is 0 Å². The van der Waals surface area contributed by atoms with E-state index in [4.69, 9.17) is 4.98 Å². The van der Waals surface area contributed by atoms with E-state index in [9.17, 15) is 15.0 Å². The summed E-state index contributed by atoms with van der Waals surface area (Å²) in [5.41, 5.74) is 12.2. The van der Waals surface area contributed by atoms with Crippen molar-refractivity contribution in [3.63, 3.8) is 0 Å². The third kappa shape index (κ3) is 6.59. The van der Waals surface area contributed by atoms with Gasteiger partial charge in [0.1, 0.15) is 0 Å². The van der Waals surface area contributed by atoms with Gasteiger partial charge in [-0.2, -0.15) is 0 Å². The Morgan fingerprint density at radius 3 is 1.79 bits per heavy atom. The van der Waals surface area contributed by atoms with Gasteiger partial charge in [0.05, 0.1) is 33.3 Å². The van der Waals surface area contributed by atoms with Crippen LogP contribution in [0.2, 0.25) is 0 Å². The van der Waals surface area contributed by atoms with E-state index in [1.807, 2.05) is 6.07 Å². The zero-order valence-corrected chi connectivity index (χ0v) is 27.6. The second-order valence-electron chi connectivity index (χ2n) is 12.4. The molecule has 0 aliphatic carbocycles. The van der Waals surface area contributed by atoms with Crippen LogP contribution in [0, 0.1) is 0 Å². The number of rotatable bonds is 9. The second kappa shape index (κ2) is 13.7. The molecule has 0 saturated heterocycles. The van der Waals surface area contributed by atoms with E-state index in [1.165, 1.54) is 29.3 Å². The fourth-order valence-corrected chi connectivity index (χ4v) is 6.39. The lowest BCUT2D eigenvalue weighted by Gasteiger charge is -2.02. The molecule has 8 nitrogen and oxygen atoms in total. The summed E-state index contributed by atoms with van der Waals surface area (Å²) in [6.45, 7) is 8.66. The van der Waals surface area contributed by atoms with Crippen LogP contribution in [-0.2, 0) is 19.3 Å². The predicted octanol–water partition coefficient (Wildman–Crippen LogP) is 8.88. The van der Waals surface area contributed by atoms with E-state index in [0.29, 0.717) is 11.1 Å². The van der Waals surface area contributed by atoms with Gasteiger partial charge >= 0.3 is 0 Å². The fraction of sp³-hybridized carbons (Fsp3) is 0.308. The van der Waals surface area contributed by atoms with Gasteiger partial charge in [0, 0.05) is 22.1 Å². The minimum Gasteiger partial charge on any atom is -0.504 e. The van der Waals surface area contributed by atoms with Gasteiger partial charge in [-0.15, -0.1) is 0 Å². The summed E-state index contributed by atoms with van der Waals surface area (Å²) < 4.78 is 0. The SMILES string of the molecule is CCCC1=Cc2nc1c(=NC(=O)c1ccc(O)c(O)c1)cc1[nH]c(cc1CCC)c1cc(CCC)c(ccc3[nH]c2cc3CCC)[nH]1. The lowest BCUT2D eigenvalue weighted by Crippen LogP contribution is -2.12. The number of phenolic OH excluding ortho intramolecular Hbond substituents is 2. The average molecular weight is 630 g/mol. The van der Waals surface area contributed by atoms with Crippen LogP contribution in [0.3, 0.4) is 0 Å². The first-order chi connectivity index (χ1) is 22.8. The van der Waals surface area contributed by atoms with E-state index in [0.717, 1.165) is 101 Å². The Labute approximate surface area is 274 Å². The summed E-state index contributed by atoms with van der Waals surface area (Å²) in [7, 11) is 0. The van der Waals surface area contributed by atoms with E-state index >= 15 is 0 Å². The van der Waals surface area contributed by atoms with E-state index < -0.39 is 5.91 Å². The molecule has 0 saturated carbocycles. The Morgan fingerprint density at radius 1 is 0.638 bits per heavy atom. The first kappa shape index (κ1) is 31.9. The summed E-state index contributed by atoms with van der Waals surface area (Å²) in [6.07, 6.45) is 9.51. The van der Waals surface area contributed by atoms with Gasteiger partial charge < -0.3 is 25.2 Å². The normalized spacial score (nSPS) is 12.6. The van der Waals surface area contributed by atoms with Gasteiger partial charge in [0.15, 0.2) is 11.5 Å². The number of fused-ring (bicyclic) bond motifs is 10. The molecule has 4 aromatic heterocycles. The number of nitrogens with zero attached hydrogens (tertiary/aromatic N) is 2. The molecule has 5 N–H and O–H groups in total. The standard InChI is InChI=1S/C39H43N5O3/c1-5-9-23-17-31-32-19-25(11-7-3)30(42-32)22-35(44-39(47)27-13-16-36(45)37(46)21-27)38-26(12-8-4)20-34(43-38)33-18-24(10-6-2)29(41-33)15-14-28(23)40-31/h13-22,40-42,45-46H,5-12H2,1-4H3. The molecule has 0 radical (unpaired) electrons. The number of phenols is 2. The molecular formula is C39H43N5O3. The van der Waals surface area contributed by atoms with Gasteiger partial charge in [-0.25, -0.2) is 9.98 Å². The molecule has 8 heteroatoms. The average Bonchev–Trinajstić information content (AvgIpc) is 3.84. The van der Waals surface area contributed by atoms with Gasteiger partial charge in [-0.3, -0.25) is 4.79 Å². The van der Waals surface area contributed by atoms with Gasteiger partial charge in [-0.05, 0) is 109 Å². The first-order valence-electron chi connectivity index (χ1n) is 16.8. The Kier molecular flexibility index (Phi) is 9.29. The summed E-state index contributed by atoms with van der Waals surface area (Å²) in [4.78, 5) is 34.4. The largest absolute Gasteiger partial charge is 0.504 e. The van der Waals surface area contributed by atoms with Gasteiger partial charge in [-0.1, -0.05) is 53.4 Å². The van der Waals surface area contributed by atoms with Crippen LogP contribution in [-0.4, -0.2) is 36.1 Å². The van der Waals surface area contributed by atoms with Crippen molar-refractivity contribution in [1.82, 2.24) is 19.9 Å². The van der Waals surface area contributed by atoms with Crippen LogP contribution >= 0.6 is 0 Å². The number of nitrogens with one attached hydrogen (secondary N) is 3. The van der Waals surface area contributed by atoms with E-state index in [-0.39, 0.29) is 17.1 Å². The number of carbonyl (C=O) groups excluding carboxylic acids is 1. The lowest BCUT2D eigenvalue weighted by atomic mass is 10.1. The number of aryl methyl sites for hydroxylation is 3. The molecule has 1 amide bonds. The highest BCUT2D eigenvalue weighted by Crippen LogP contribution is 2.29. The molecule has 0 fully saturated rings. The van der Waals surface area contributed by atoms with Crippen LogP contribution in [0.15, 0.2) is 59.6 Å². The summed E-state index contributed by atoms with van der Waals surface area (Å²) in [5.74, 6) is -1.20. The van der Waals surface area contributed by atoms with Crippen LogP contribution in [0.5, 0.6) is 11.5 Å². The van der Waals surface area contributed by atoms with E-state index in [2.05, 4.69) is 84.0 Å². The Balaban J connectivity index is 1.76. The maximum Gasteiger partial charge on any atom is 0.277 e. The fourth-order valence-electron chi connectivity index (χ4n) is 6.39. The molecule has 47 heavy (non-hydrogen) atoms. The molecule has 0 spiro atoms. The smallest absolute Gasteiger partial charge is 0.277 e. The highest BCUT2D eigenvalue weighted by atomic mass is 16.3. The highest BCUT2D eigenvalue weighted by Gasteiger charge is 2.17. The molecule has 5 aromatic rings. The second-order valence-corrected chi connectivity index (χ2v) is 12.4. The number of hydrogen-bond donors (Lipinski definition) is 5. The number of aromatic nitrogens is 4. The molecule has 8 bridgehead atoms. The first-order valence-corrected chi connectivity index (χ1v) is 16.8. The minimum atomic E-state index is -0.535.